The minimum atomic E-state index is -0.0222. The van der Waals surface area contributed by atoms with Crippen molar-refractivity contribution in [3.63, 3.8) is 0 Å². The van der Waals surface area contributed by atoms with Gasteiger partial charge < -0.3 is 4.90 Å². The van der Waals surface area contributed by atoms with Crippen LogP contribution in [-0.2, 0) is 0 Å². The number of hydrogen-bond donors (Lipinski definition) is 1. The summed E-state index contributed by atoms with van der Waals surface area (Å²) in [4.78, 5) is 14.8. The number of likely N-dealkylation sites (tertiary alicyclic amines) is 1. The molecule has 3 aromatic heterocycles. The summed E-state index contributed by atoms with van der Waals surface area (Å²) in [5.41, 5.74) is 3.07. The lowest BCUT2D eigenvalue weighted by Gasteiger charge is -2.30. The number of para-hydroxylation sites is 1. The Morgan fingerprint density at radius 1 is 1.11 bits per heavy atom. The summed E-state index contributed by atoms with van der Waals surface area (Å²) in [6.45, 7) is 3.30. The van der Waals surface area contributed by atoms with Gasteiger partial charge in [0, 0.05) is 24.4 Å². The molecule has 8 heteroatoms. The van der Waals surface area contributed by atoms with Gasteiger partial charge in [-0.3, -0.25) is 9.89 Å². The fourth-order valence-electron chi connectivity index (χ4n) is 3.77. The number of benzene rings is 1. The molecule has 136 valence electrons. The van der Waals surface area contributed by atoms with Crippen molar-refractivity contribution in [2.45, 2.75) is 25.7 Å². The van der Waals surface area contributed by atoms with Gasteiger partial charge in [0.15, 0.2) is 17.2 Å². The molecule has 0 aliphatic carbocycles. The highest BCUT2D eigenvalue weighted by molar-refractivity contribution is 6.04. The van der Waals surface area contributed by atoms with Crippen LogP contribution in [-0.4, -0.2) is 53.9 Å². The number of hydrogen-bond acceptors (Lipinski definition) is 5. The van der Waals surface area contributed by atoms with E-state index in [1.165, 1.54) is 0 Å². The van der Waals surface area contributed by atoms with Gasteiger partial charge in [-0.05, 0) is 38.0 Å². The quantitative estimate of drug-likeness (QED) is 0.592. The van der Waals surface area contributed by atoms with Gasteiger partial charge in [-0.25, -0.2) is 0 Å². The zero-order valence-corrected chi connectivity index (χ0v) is 15.0. The number of aromatic amines is 1. The van der Waals surface area contributed by atoms with Gasteiger partial charge in [0.2, 0.25) is 0 Å². The maximum absolute atomic E-state index is 12.9. The van der Waals surface area contributed by atoms with E-state index in [-0.39, 0.29) is 11.8 Å². The predicted molar refractivity (Wildman–Crippen MR) is 99.5 cm³/mol. The molecule has 0 unspecified atom stereocenters. The molecule has 4 aromatic rings. The van der Waals surface area contributed by atoms with Crippen LogP contribution in [0.5, 0.6) is 0 Å². The third kappa shape index (κ3) is 2.64. The van der Waals surface area contributed by atoms with E-state index in [1.54, 1.807) is 0 Å². The summed E-state index contributed by atoms with van der Waals surface area (Å²) < 4.78 is 1.83. The molecule has 1 aliphatic rings. The standard InChI is InChI=1S/C19H19N7O/c1-12-6-7-16-21-23-18(26(16)24-12)13-8-10-25(11-9-13)19(27)17-14-4-2-3-5-15(14)20-22-17/h2-7,13H,8-11H2,1H3,(H,20,22). The fourth-order valence-corrected chi connectivity index (χ4v) is 3.77. The van der Waals surface area contributed by atoms with Crippen molar-refractivity contribution in [3.05, 3.63) is 53.6 Å². The Labute approximate surface area is 155 Å². The fraction of sp³-hybridized carbons (Fsp3) is 0.316. The summed E-state index contributed by atoms with van der Waals surface area (Å²) in [6.07, 6.45) is 1.68. The number of amides is 1. The van der Waals surface area contributed by atoms with Crippen LogP contribution in [0, 0.1) is 6.92 Å². The number of rotatable bonds is 2. The van der Waals surface area contributed by atoms with Crippen molar-refractivity contribution in [3.8, 4) is 0 Å². The van der Waals surface area contributed by atoms with E-state index >= 15 is 0 Å². The van der Waals surface area contributed by atoms with Gasteiger partial charge in [-0.15, -0.1) is 10.2 Å². The number of fused-ring (bicyclic) bond motifs is 2. The first-order valence-corrected chi connectivity index (χ1v) is 9.12. The summed E-state index contributed by atoms with van der Waals surface area (Å²) in [5.74, 6) is 1.10. The second-order valence-corrected chi connectivity index (χ2v) is 6.99. The van der Waals surface area contributed by atoms with Crippen molar-refractivity contribution < 1.29 is 4.79 Å². The number of aryl methyl sites for hydroxylation is 1. The van der Waals surface area contributed by atoms with Crippen LogP contribution in [0.15, 0.2) is 36.4 Å². The molecule has 8 nitrogen and oxygen atoms in total. The molecule has 0 radical (unpaired) electrons. The topological polar surface area (TPSA) is 92.1 Å². The molecule has 27 heavy (non-hydrogen) atoms. The molecular formula is C19H19N7O. The first-order chi connectivity index (χ1) is 13.2. The summed E-state index contributed by atoms with van der Waals surface area (Å²) >= 11 is 0. The van der Waals surface area contributed by atoms with Crippen LogP contribution in [0.2, 0.25) is 0 Å². The van der Waals surface area contributed by atoms with Crippen molar-refractivity contribution in [1.29, 1.82) is 0 Å². The number of nitrogens with zero attached hydrogens (tertiary/aromatic N) is 6. The van der Waals surface area contributed by atoms with E-state index in [0.29, 0.717) is 18.8 Å². The van der Waals surface area contributed by atoms with Crippen LogP contribution in [0.25, 0.3) is 16.6 Å². The van der Waals surface area contributed by atoms with E-state index in [2.05, 4.69) is 25.5 Å². The first-order valence-electron chi connectivity index (χ1n) is 9.12. The normalized spacial score (nSPS) is 15.7. The van der Waals surface area contributed by atoms with Crippen molar-refractivity contribution in [2.24, 2.45) is 0 Å². The molecule has 0 spiro atoms. The molecule has 1 saturated heterocycles. The highest BCUT2D eigenvalue weighted by Crippen LogP contribution is 2.28. The molecule has 4 heterocycles. The molecular weight excluding hydrogens is 342 g/mol. The lowest BCUT2D eigenvalue weighted by molar-refractivity contribution is 0.0706. The average molecular weight is 361 g/mol. The van der Waals surface area contributed by atoms with E-state index in [1.807, 2.05) is 52.7 Å². The van der Waals surface area contributed by atoms with Crippen LogP contribution in [0.3, 0.4) is 0 Å². The Balaban J connectivity index is 1.35. The molecule has 1 fully saturated rings. The summed E-state index contributed by atoms with van der Waals surface area (Å²) in [5, 5.41) is 21.1. The molecule has 1 aliphatic heterocycles. The van der Waals surface area contributed by atoms with Crippen molar-refractivity contribution in [1.82, 2.24) is 34.9 Å². The van der Waals surface area contributed by atoms with Crippen LogP contribution < -0.4 is 0 Å². The van der Waals surface area contributed by atoms with Gasteiger partial charge >= 0.3 is 0 Å². The Bertz CT molecular complexity index is 1140. The molecule has 1 aromatic carbocycles. The molecule has 1 N–H and O–H groups in total. The van der Waals surface area contributed by atoms with Crippen LogP contribution in [0.1, 0.15) is 40.8 Å². The minimum absolute atomic E-state index is 0.0222. The molecule has 5 rings (SSSR count). The third-order valence-electron chi connectivity index (χ3n) is 5.24. The van der Waals surface area contributed by atoms with E-state index in [0.717, 1.165) is 40.9 Å². The smallest absolute Gasteiger partial charge is 0.274 e. The Morgan fingerprint density at radius 3 is 2.78 bits per heavy atom. The number of piperidine rings is 1. The predicted octanol–water partition coefficient (Wildman–Crippen LogP) is 2.33. The van der Waals surface area contributed by atoms with Crippen LogP contribution in [0.4, 0.5) is 0 Å². The van der Waals surface area contributed by atoms with Gasteiger partial charge in [0.25, 0.3) is 5.91 Å². The van der Waals surface area contributed by atoms with Crippen molar-refractivity contribution >= 4 is 22.5 Å². The van der Waals surface area contributed by atoms with Crippen LogP contribution >= 0.6 is 0 Å². The third-order valence-corrected chi connectivity index (χ3v) is 5.24. The first kappa shape index (κ1) is 15.9. The second kappa shape index (κ2) is 6.15. The van der Waals surface area contributed by atoms with E-state index in [4.69, 9.17) is 0 Å². The Kier molecular flexibility index (Phi) is 3.63. The Morgan fingerprint density at radius 2 is 1.93 bits per heavy atom. The largest absolute Gasteiger partial charge is 0.337 e. The second-order valence-electron chi connectivity index (χ2n) is 6.99. The highest BCUT2D eigenvalue weighted by Gasteiger charge is 2.29. The number of carbonyl (C=O) groups is 1. The van der Waals surface area contributed by atoms with E-state index in [9.17, 15) is 4.79 Å². The summed E-state index contributed by atoms with van der Waals surface area (Å²) in [7, 11) is 0. The zero-order chi connectivity index (χ0) is 18.4. The van der Waals surface area contributed by atoms with Gasteiger partial charge in [0.05, 0.1) is 11.2 Å². The monoisotopic (exact) mass is 361 g/mol. The van der Waals surface area contributed by atoms with Crippen molar-refractivity contribution in [2.75, 3.05) is 13.1 Å². The number of H-pyrrole nitrogens is 1. The number of nitrogens with one attached hydrogen (secondary N) is 1. The number of carbonyl (C=O) groups excluding carboxylic acids is 1. The number of aromatic nitrogens is 6. The van der Waals surface area contributed by atoms with E-state index < -0.39 is 0 Å². The summed E-state index contributed by atoms with van der Waals surface area (Å²) in [6, 6.07) is 11.6. The van der Waals surface area contributed by atoms with Gasteiger partial charge in [-0.1, -0.05) is 18.2 Å². The lowest BCUT2D eigenvalue weighted by Crippen LogP contribution is -2.38. The lowest BCUT2D eigenvalue weighted by atomic mass is 9.96. The highest BCUT2D eigenvalue weighted by atomic mass is 16.2. The SMILES string of the molecule is Cc1ccc2nnc(C3CCN(C(=O)c4n[nH]c5ccccc45)CC3)n2n1. The molecule has 0 saturated carbocycles. The molecule has 0 bridgehead atoms. The van der Waals surface area contributed by atoms with Gasteiger partial charge in [0.1, 0.15) is 0 Å². The zero-order valence-electron chi connectivity index (χ0n) is 15.0. The van der Waals surface area contributed by atoms with Gasteiger partial charge in [-0.2, -0.15) is 14.7 Å². The maximum atomic E-state index is 12.9. The maximum Gasteiger partial charge on any atom is 0.274 e. The average Bonchev–Trinajstić information content (AvgIpc) is 3.31. The molecule has 0 atom stereocenters. The minimum Gasteiger partial charge on any atom is -0.337 e. The Hall–Kier alpha value is -3.29. The molecule has 1 amide bonds.